The van der Waals surface area contributed by atoms with E-state index in [1.807, 2.05) is 6.07 Å². The van der Waals surface area contributed by atoms with Gasteiger partial charge in [-0.05, 0) is 24.1 Å². The molecule has 2 aromatic carbocycles. The molecule has 0 saturated heterocycles. The summed E-state index contributed by atoms with van der Waals surface area (Å²) in [5.74, 6) is -0.216. The van der Waals surface area contributed by atoms with E-state index in [9.17, 15) is 16.8 Å². The summed E-state index contributed by atoms with van der Waals surface area (Å²) in [5.41, 5.74) is 2.29. The lowest BCUT2D eigenvalue weighted by atomic mass is 9.97. The number of para-hydroxylation sites is 1. The number of H-pyrrole nitrogens is 1. The van der Waals surface area contributed by atoms with E-state index >= 15 is 0 Å². The maximum atomic E-state index is 12.9. The highest BCUT2D eigenvalue weighted by Crippen LogP contribution is 2.37. The maximum absolute atomic E-state index is 12.9. The maximum Gasteiger partial charge on any atom is 0.240 e. The Labute approximate surface area is 172 Å². The van der Waals surface area contributed by atoms with Gasteiger partial charge in [-0.25, -0.2) is 32.0 Å². The SMILES string of the molecule is CCCS(=O)(=O)c1ccc(-c2cccc3[nH]cnc23)c(C2=NCN=N2)c1S(N)(=O)=O. The number of aromatic nitrogens is 2. The van der Waals surface area contributed by atoms with Crippen molar-refractivity contribution in [2.75, 3.05) is 12.4 Å². The molecule has 12 heteroatoms. The van der Waals surface area contributed by atoms with Gasteiger partial charge in [0.2, 0.25) is 10.0 Å². The Morgan fingerprint density at radius 3 is 2.57 bits per heavy atom. The molecule has 0 bridgehead atoms. The summed E-state index contributed by atoms with van der Waals surface area (Å²) >= 11 is 0. The van der Waals surface area contributed by atoms with Crippen LogP contribution < -0.4 is 5.14 Å². The molecule has 3 N–H and O–H groups in total. The number of hydrogen-bond acceptors (Lipinski definition) is 8. The molecular weight excluding hydrogens is 428 g/mol. The number of nitrogens with one attached hydrogen (secondary N) is 1. The standard InChI is InChI=1S/C18H18N6O4S2/c1-2-8-29(25,26)14-7-6-11(12-4-3-5-13-16(12)21-9-20-13)15(17(14)30(19,27)28)18-22-10-23-24-18/h3-7,9H,2,8,10H2,1H3,(H,20,21)(H2,19,27,28). The molecule has 0 radical (unpaired) electrons. The average Bonchev–Trinajstić information content (AvgIpc) is 3.37. The Bertz CT molecular complexity index is 1420. The molecular formula is C18H18N6O4S2. The number of nitrogens with zero attached hydrogens (tertiary/aromatic N) is 4. The molecule has 0 atom stereocenters. The topological polar surface area (TPSA) is 160 Å². The summed E-state index contributed by atoms with van der Waals surface area (Å²) in [6, 6.07) is 8.14. The van der Waals surface area contributed by atoms with Gasteiger partial charge in [-0.2, -0.15) is 5.11 Å². The van der Waals surface area contributed by atoms with Crippen LogP contribution in [0.1, 0.15) is 18.9 Å². The average molecular weight is 447 g/mol. The Morgan fingerprint density at radius 1 is 1.10 bits per heavy atom. The molecule has 10 nitrogen and oxygen atoms in total. The van der Waals surface area contributed by atoms with Crippen LogP contribution in [0.3, 0.4) is 0 Å². The van der Waals surface area contributed by atoms with Gasteiger partial charge in [0.25, 0.3) is 0 Å². The number of benzene rings is 2. The number of sulfonamides is 1. The minimum absolute atomic E-state index is 0.00595. The van der Waals surface area contributed by atoms with Crippen LogP contribution in [0.4, 0.5) is 0 Å². The Kier molecular flexibility index (Phi) is 5.00. The zero-order valence-corrected chi connectivity index (χ0v) is 17.5. The smallest absolute Gasteiger partial charge is 0.240 e. The molecule has 1 aromatic heterocycles. The third kappa shape index (κ3) is 3.42. The number of amidine groups is 1. The second-order valence-electron chi connectivity index (χ2n) is 6.65. The van der Waals surface area contributed by atoms with Gasteiger partial charge >= 0.3 is 0 Å². The molecule has 4 rings (SSSR count). The van der Waals surface area contributed by atoms with Crippen molar-refractivity contribution in [2.45, 2.75) is 23.1 Å². The number of sulfone groups is 1. The van der Waals surface area contributed by atoms with Crippen LogP contribution in [-0.2, 0) is 19.9 Å². The summed E-state index contributed by atoms with van der Waals surface area (Å²) in [5, 5.41) is 13.2. The summed E-state index contributed by atoms with van der Waals surface area (Å²) in [6.07, 6.45) is 1.83. The normalized spacial score (nSPS) is 14.4. The molecule has 3 aromatic rings. The first-order chi connectivity index (χ1) is 14.2. The van der Waals surface area contributed by atoms with E-state index in [1.165, 1.54) is 18.5 Å². The van der Waals surface area contributed by atoms with E-state index in [0.29, 0.717) is 23.1 Å². The molecule has 0 fully saturated rings. The van der Waals surface area contributed by atoms with E-state index < -0.39 is 24.8 Å². The van der Waals surface area contributed by atoms with Gasteiger partial charge in [0.05, 0.1) is 33.6 Å². The summed E-state index contributed by atoms with van der Waals surface area (Å²) in [6.45, 7) is 1.70. The largest absolute Gasteiger partial charge is 0.345 e. The lowest BCUT2D eigenvalue weighted by molar-refractivity contribution is 0.582. The monoisotopic (exact) mass is 446 g/mol. The molecule has 1 aliphatic rings. The number of imidazole rings is 1. The highest BCUT2D eigenvalue weighted by Gasteiger charge is 2.32. The number of azo groups is 1. The quantitative estimate of drug-likeness (QED) is 0.593. The van der Waals surface area contributed by atoms with Gasteiger partial charge in [0.15, 0.2) is 22.3 Å². The molecule has 156 valence electrons. The first-order valence-electron chi connectivity index (χ1n) is 9.01. The Morgan fingerprint density at radius 2 is 1.90 bits per heavy atom. The molecule has 0 aliphatic carbocycles. The van der Waals surface area contributed by atoms with Crippen LogP contribution in [0.2, 0.25) is 0 Å². The third-order valence-corrected chi connectivity index (χ3v) is 7.70. The Hall–Kier alpha value is -2.96. The number of fused-ring (bicyclic) bond motifs is 1. The van der Waals surface area contributed by atoms with Crippen molar-refractivity contribution >= 4 is 36.7 Å². The van der Waals surface area contributed by atoms with Crippen LogP contribution in [0.5, 0.6) is 0 Å². The zero-order chi connectivity index (χ0) is 21.5. The molecule has 0 amide bonds. The first-order valence-corrected chi connectivity index (χ1v) is 12.2. The van der Waals surface area contributed by atoms with Crippen molar-refractivity contribution in [1.82, 2.24) is 9.97 Å². The van der Waals surface area contributed by atoms with Crippen LogP contribution in [0.15, 0.2) is 61.7 Å². The molecule has 2 heterocycles. The molecule has 0 saturated carbocycles. The molecule has 0 spiro atoms. The molecule has 30 heavy (non-hydrogen) atoms. The number of nitrogens with two attached hydrogens (primary N) is 1. The van der Waals surface area contributed by atoms with Crippen LogP contribution >= 0.6 is 0 Å². The van der Waals surface area contributed by atoms with E-state index in [-0.39, 0.29) is 28.7 Å². The van der Waals surface area contributed by atoms with Gasteiger partial charge in [-0.3, -0.25) is 0 Å². The van der Waals surface area contributed by atoms with E-state index in [1.54, 1.807) is 19.1 Å². The fraction of sp³-hybridized carbons (Fsp3) is 0.222. The predicted molar refractivity (Wildman–Crippen MR) is 112 cm³/mol. The van der Waals surface area contributed by atoms with Crippen LogP contribution in [0.25, 0.3) is 22.2 Å². The summed E-state index contributed by atoms with van der Waals surface area (Å²) < 4.78 is 51.0. The number of aliphatic imine (C=N–C) groups is 1. The van der Waals surface area contributed by atoms with Gasteiger partial charge in [0.1, 0.15) is 4.90 Å². The van der Waals surface area contributed by atoms with Crippen molar-refractivity contribution in [3.8, 4) is 11.1 Å². The van der Waals surface area contributed by atoms with Crippen molar-refractivity contribution < 1.29 is 16.8 Å². The number of hydrogen-bond donors (Lipinski definition) is 2. The van der Waals surface area contributed by atoms with E-state index in [4.69, 9.17) is 5.14 Å². The number of aromatic amines is 1. The van der Waals surface area contributed by atoms with Gasteiger partial charge < -0.3 is 4.98 Å². The lowest BCUT2D eigenvalue weighted by Crippen LogP contribution is -2.22. The van der Waals surface area contributed by atoms with E-state index in [0.717, 1.165) is 5.52 Å². The summed E-state index contributed by atoms with van der Waals surface area (Å²) in [4.78, 5) is 10.5. The highest BCUT2D eigenvalue weighted by atomic mass is 32.2. The summed E-state index contributed by atoms with van der Waals surface area (Å²) in [7, 11) is -8.38. The fourth-order valence-electron chi connectivity index (χ4n) is 3.46. The van der Waals surface area contributed by atoms with Crippen LogP contribution in [0, 0.1) is 0 Å². The first kappa shape index (κ1) is 20.3. The fourth-order valence-corrected chi connectivity index (χ4v) is 6.44. The van der Waals surface area contributed by atoms with Gasteiger partial charge in [0, 0.05) is 5.56 Å². The molecule has 0 unspecified atom stereocenters. The van der Waals surface area contributed by atoms with Crippen molar-refractivity contribution in [2.24, 2.45) is 20.4 Å². The minimum atomic E-state index is -4.46. The number of rotatable bonds is 6. The number of primary sulfonamides is 1. The Balaban J connectivity index is 2.16. The zero-order valence-electron chi connectivity index (χ0n) is 15.9. The highest BCUT2D eigenvalue weighted by molar-refractivity contribution is 7.93. The van der Waals surface area contributed by atoms with Gasteiger partial charge in [-0.1, -0.05) is 25.1 Å². The van der Waals surface area contributed by atoms with Gasteiger partial charge in [-0.15, -0.1) is 5.11 Å². The van der Waals surface area contributed by atoms with E-state index in [2.05, 4.69) is 25.2 Å². The third-order valence-electron chi connectivity index (χ3n) is 4.63. The predicted octanol–water partition coefficient (Wildman–Crippen LogP) is 2.23. The lowest BCUT2D eigenvalue weighted by Gasteiger charge is -2.17. The second kappa shape index (κ2) is 7.38. The minimum Gasteiger partial charge on any atom is -0.345 e. The second-order valence-corrected chi connectivity index (χ2v) is 10.2. The van der Waals surface area contributed by atoms with Crippen molar-refractivity contribution in [3.05, 3.63) is 42.2 Å². The molecule has 1 aliphatic heterocycles. The van der Waals surface area contributed by atoms with Crippen LogP contribution in [-0.4, -0.2) is 45.1 Å². The van der Waals surface area contributed by atoms with Crippen molar-refractivity contribution in [3.63, 3.8) is 0 Å². The van der Waals surface area contributed by atoms with Crippen molar-refractivity contribution in [1.29, 1.82) is 0 Å².